The van der Waals surface area contributed by atoms with Crippen molar-refractivity contribution in [3.63, 3.8) is 0 Å². The summed E-state index contributed by atoms with van der Waals surface area (Å²) in [7, 11) is 0. The number of carbonyl (C=O) groups is 2. The molecule has 3 aromatic rings. The molecule has 2 amide bonds. The van der Waals surface area contributed by atoms with E-state index in [-0.39, 0.29) is 5.91 Å². The van der Waals surface area contributed by atoms with Gasteiger partial charge in [0.15, 0.2) is 0 Å². The maximum absolute atomic E-state index is 12.1. The van der Waals surface area contributed by atoms with Gasteiger partial charge < -0.3 is 11.1 Å². The summed E-state index contributed by atoms with van der Waals surface area (Å²) in [6.45, 7) is 2.82. The first-order valence-electron chi connectivity index (χ1n) is 7.91. The number of benzene rings is 2. The second-order valence-electron chi connectivity index (χ2n) is 5.57. The Kier molecular flexibility index (Phi) is 4.61. The van der Waals surface area contributed by atoms with Crippen LogP contribution in [0.25, 0.3) is 17.0 Å². The molecule has 1 aromatic heterocycles. The highest BCUT2D eigenvalue weighted by Gasteiger charge is 2.03. The van der Waals surface area contributed by atoms with Crippen molar-refractivity contribution in [3.05, 3.63) is 65.9 Å². The smallest absolute Gasteiger partial charge is 0.248 e. The molecule has 25 heavy (non-hydrogen) atoms. The molecule has 0 aliphatic heterocycles. The molecular formula is C19H18N4O2. The molecule has 3 rings (SSSR count). The van der Waals surface area contributed by atoms with E-state index in [1.165, 1.54) is 6.08 Å². The largest absolute Gasteiger partial charge is 0.366 e. The van der Waals surface area contributed by atoms with E-state index in [0.717, 1.165) is 23.0 Å². The molecule has 0 spiro atoms. The Morgan fingerprint density at radius 2 is 1.96 bits per heavy atom. The van der Waals surface area contributed by atoms with Gasteiger partial charge in [-0.3, -0.25) is 14.3 Å². The van der Waals surface area contributed by atoms with E-state index in [9.17, 15) is 9.59 Å². The Hall–Kier alpha value is -3.41. The van der Waals surface area contributed by atoms with Gasteiger partial charge in [0.2, 0.25) is 11.8 Å². The molecule has 2 aromatic carbocycles. The summed E-state index contributed by atoms with van der Waals surface area (Å²) in [5.41, 5.74) is 7.96. The Morgan fingerprint density at radius 1 is 1.20 bits per heavy atom. The number of hydrogen-bond donors (Lipinski definition) is 2. The van der Waals surface area contributed by atoms with Gasteiger partial charge in [0.1, 0.15) is 0 Å². The van der Waals surface area contributed by atoms with Gasteiger partial charge in [-0.15, -0.1) is 0 Å². The molecule has 0 saturated heterocycles. The topological polar surface area (TPSA) is 90.0 Å². The Morgan fingerprint density at radius 3 is 2.64 bits per heavy atom. The van der Waals surface area contributed by atoms with E-state index in [1.807, 2.05) is 36.0 Å². The summed E-state index contributed by atoms with van der Waals surface area (Å²) in [6, 6.07) is 12.3. The number of aryl methyl sites for hydroxylation is 1. The minimum Gasteiger partial charge on any atom is -0.366 e. The molecule has 0 radical (unpaired) electrons. The molecule has 0 atom stereocenters. The number of nitrogens with zero attached hydrogens (tertiary/aromatic N) is 2. The van der Waals surface area contributed by atoms with E-state index in [2.05, 4.69) is 10.4 Å². The van der Waals surface area contributed by atoms with Gasteiger partial charge in [0, 0.05) is 35.5 Å². The predicted octanol–water partition coefficient (Wildman–Crippen LogP) is 2.81. The van der Waals surface area contributed by atoms with Crippen molar-refractivity contribution in [2.45, 2.75) is 13.5 Å². The standard InChI is InChI=1S/C19H18N4O2/c1-2-23-12-15-8-9-16(11-17(15)22-23)21-18(24)10-5-13-3-6-14(7-4-13)19(20)25/h3-12H,2H2,1H3,(H2,20,25)(H,21,24). The molecule has 0 unspecified atom stereocenters. The number of amides is 2. The summed E-state index contributed by atoms with van der Waals surface area (Å²) in [5.74, 6) is -0.720. The zero-order chi connectivity index (χ0) is 17.8. The van der Waals surface area contributed by atoms with Crippen molar-refractivity contribution < 1.29 is 9.59 Å². The van der Waals surface area contributed by atoms with E-state index in [4.69, 9.17) is 5.73 Å². The van der Waals surface area contributed by atoms with Gasteiger partial charge in [0.05, 0.1) is 5.52 Å². The first kappa shape index (κ1) is 16.4. The van der Waals surface area contributed by atoms with Crippen molar-refractivity contribution in [1.82, 2.24) is 9.78 Å². The van der Waals surface area contributed by atoms with Gasteiger partial charge in [-0.1, -0.05) is 12.1 Å². The molecule has 1 heterocycles. The number of hydrogen-bond acceptors (Lipinski definition) is 3. The fraction of sp³-hybridized carbons (Fsp3) is 0.105. The zero-order valence-electron chi connectivity index (χ0n) is 13.8. The first-order chi connectivity index (χ1) is 12.0. The normalized spacial score (nSPS) is 11.1. The third kappa shape index (κ3) is 3.92. The van der Waals surface area contributed by atoms with Crippen LogP contribution < -0.4 is 11.1 Å². The van der Waals surface area contributed by atoms with Crippen LogP contribution in [0, 0.1) is 0 Å². The molecular weight excluding hydrogens is 316 g/mol. The lowest BCUT2D eigenvalue weighted by atomic mass is 10.1. The molecule has 0 aliphatic rings. The molecule has 6 nitrogen and oxygen atoms in total. The lowest BCUT2D eigenvalue weighted by Gasteiger charge is -2.02. The molecule has 0 saturated carbocycles. The molecule has 0 bridgehead atoms. The summed E-state index contributed by atoms with van der Waals surface area (Å²) in [4.78, 5) is 23.1. The SMILES string of the molecule is CCn1cc2ccc(NC(=O)C=Cc3ccc(C(N)=O)cc3)cc2n1. The maximum Gasteiger partial charge on any atom is 0.248 e. The number of anilines is 1. The zero-order valence-corrected chi connectivity index (χ0v) is 13.8. The highest BCUT2D eigenvalue weighted by atomic mass is 16.1. The minimum absolute atomic E-state index is 0.242. The van der Waals surface area contributed by atoms with Gasteiger partial charge in [-0.2, -0.15) is 5.10 Å². The average Bonchev–Trinajstić information content (AvgIpc) is 3.02. The van der Waals surface area contributed by atoms with Crippen LogP contribution in [0.1, 0.15) is 22.8 Å². The third-order valence-electron chi connectivity index (χ3n) is 3.77. The van der Waals surface area contributed by atoms with Crippen molar-refractivity contribution in [1.29, 1.82) is 0 Å². The van der Waals surface area contributed by atoms with E-state index >= 15 is 0 Å². The van der Waals surface area contributed by atoms with Crippen molar-refractivity contribution in [2.75, 3.05) is 5.32 Å². The molecule has 126 valence electrons. The Balaban J connectivity index is 1.68. The summed E-state index contributed by atoms with van der Waals surface area (Å²) >= 11 is 0. The number of primary amides is 1. The maximum atomic E-state index is 12.1. The fourth-order valence-corrected chi connectivity index (χ4v) is 2.42. The number of nitrogens with two attached hydrogens (primary N) is 1. The average molecular weight is 334 g/mol. The lowest BCUT2D eigenvalue weighted by Crippen LogP contribution is -2.10. The summed E-state index contributed by atoms with van der Waals surface area (Å²) < 4.78 is 1.85. The van der Waals surface area contributed by atoms with Crippen LogP contribution >= 0.6 is 0 Å². The van der Waals surface area contributed by atoms with Gasteiger partial charge >= 0.3 is 0 Å². The van der Waals surface area contributed by atoms with Crippen LogP contribution in [-0.4, -0.2) is 21.6 Å². The molecule has 0 fully saturated rings. The molecule has 0 aliphatic carbocycles. The Bertz CT molecular complexity index is 955. The van der Waals surface area contributed by atoms with Crippen LogP contribution in [0.3, 0.4) is 0 Å². The van der Waals surface area contributed by atoms with Crippen molar-refractivity contribution in [2.24, 2.45) is 5.73 Å². The minimum atomic E-state index is -0.478. The predicted molar refractivity (Wildman–Crippen MR) is 98.0 cm³/mol. The molecule has 6 heteroatoms. The monoisotopic (exact) mass is 334 g/mol. The van der Waals surface area contributed by atoms with Gasteiger partial charge in [-0.05, 0) is 48.9 Å². The Labute approximate surface area is 144 Å². The summed E-state index contributed by atoms with van der Waals surface area (Å²) in [6.07, 6.45) is 5.08. The number of aromatic nitrogens is 2. The molecule has 3 N–H and O–H groups in total. The second kappa shape index (κ2) is 7.00. The first-order valence-corrected chi connectivity index (χ1v) is 7.91. The van der Waals surface area contributed by atoms with Crippen molar-refractivity contribution >= 4 is 34.5 Å². The van der Waals surface area contributed by atoms with Crippen LogP contribution in [0.15, 0.2) is 54.7 Å². The number of carbonyl (C=O) groups excluding carboxylic acids is 2. The lowest BCUT2D eigenvalue weighted by molar-refractivity contribution is -0.111. The van der Waals surface area contributed by atoms with E-state index in [1.54, 1.807) is 30.3 Å². The second-order valence-corrected chi connectivity index (χ2v) is 5.57. The summed E-state index contributed by atoms with van der Waals surface area (Å²) in [5, 5.41) is 8.27. The van der Waals surface area contributed by atoms with Crippen LogP contribution in [0.2, 0.25) is 0 Å². The van der Waals surface area contributed by atoms with Crippen molar-refractivity contribution in [3.8, 4) is 0 Å². The van der Waals surface area contributed by atoms with E-state index < -0.39 is 5.91 Å². The van der Waals surface area contributed by atoms with Crippen LogP contribution in [0.4, 0.5) is 5.69 Å². The fourth-order valence-electron chi connectivity index (χ4n) is 2.42. The van der Waals surface area contributed by atoms with E-state index in [0.29, 0.717) is 11.3 Å². The van der Waals surface area contributed by atoms with Crippen LogP contribution in [-0.2, 0) is 11.3 Å². The number of nitrogens with one attached hydrogen (secondary N) is 1. The quantitative estimate of drug-likeness (QED) is 0.703. The van der Waals surface area contributed by atoms with Gasteiger partial charge in [0.25, 0.3) is 0 Å². The number of rotatable bonds is 5. The highest BCUT2D eigenvalue weighted by molar-refractivity contribution is 6.03. The highest BCUT2D eigenvalue weighted by Crippen LogP contribution is 2.18. The number of fused-ring (bicyclic) bond motifs is 1. The third-order valence-corrected chi connectivity index (χ3v) is 3.77. The van der Waals surface area contributed by atoms with Crippen LogP contribution in [0.5, 0.6) is 0 Å². The van der Waals surface area contributed by atoms with Gasteiger partial charge in [-0.25, -0.2) is 0 Å².